The van der Waals surface area contributed by atoms with Gasteiger partial charge in [-0.15, -0.1) is 10.2 Å². The Morgan fingerprint density at radius 1 is 1.19 bits per heavy atom. The zero-order chi connectivity index (χ0) is 19.2. The Hall–Kier alpha value is -3.20. The molecule has 0 saturated heterocycles. The minimum absolute atomic E-state index is 0.00927. The van der Waals surface area contributed by atoms with Crippen molar-refractivity contribution in [3.8, 4) is 11.4 Å². The van der Waals surface area contributed by atoms with Gasteiger partial charge in [0, 0.05) is 31.3 Å². The molecule has 8 nitrogen and oxygen atoms in total. The van der Waals surface area contributed by atoms with E-state index in [9.17, 15) is 14.9 Å². The van der Waals surface area contributed by atoms with Crippen LogP contribution in [0.5, 0.6) is 0 Å². The lowest BCUT2D eigenvalue weighted by Crippen LogP contribution is -2.24. The second-order valence-electron chi connectivity index (χ2n) is 5.72. The predicted octanol–water partition coefficient (Wildman–Crippen LogP) is 2.80. The van der Waals surface area contributed by atoms with Crippen molar-refractivity contribution in [1.29, 1.82) is 0 Å². The maximum Gasteiger partial charge on any atom is 0.270 e. The molecule has 1 aromatic heterocycles. The molecule has 1 heterocycles. The molecule has 0 fully saturated rings. The summed E-state index contributed by atoms with van der Waals surface area (Å²) in [6, 6.07) is 15.9. The summed E-state index contributed by atoms with van der Waals surface area (Å²) in [6.45, 7) is 0.470. The van der Waals surface area contributed by atoms with Gasteiger partial charge < -0.3 is 9.88 Å². The monoisotopic (exact) mass is 383 g/mol. The van der Waals surface area contributed by atoms with E-state index < -0.39 is 4.92 Å². The third kappa shape index (κ3) is 4.70. The normalized spacial score (nSPS) is 10.6. The number of nitrogens with zero attached hydrogens (tertiary/aromatic N) is 4. The summed E-state index contributed by atoms with van der Waals surface area (Å²) in [4.78, 5) is 22.5. The molecule has 9 heteroatoms. The van der Waals surface area contributed by atoms with Gasteiger partial charge in [-0.3, -0.25) is 14.9 Å². The molecule has 0 saturated carbocycles. The van der Waals surface area contributed by atoms with Crippen molar-refractivity contribution >= 4 is 23.4 Å². The molecule has 27 heavy (non-hydrogen) atoms. The fraction of sp³-hybridized carbons (Fsp3) is 0.167. The second-order valence-corrected chi connectivity index (χ2v) is 6.67. The van der Waals surface area contributed by atoms with Gasteiger partial charge in [0.05, 0.1) is 10.7 Å². The average Bonchev–Trinajstić information content (AvgIpc) is 3.06. The zero-order valence-corrected chi connectivity index (χ0v) is 15.3. The SMILES string of the molecule is Cn1c(SCC(=O)NCc2ccccc2)nnc1-c1cccc([N+](=O)[O-])c1. The highest BCUT2D eigenvalue weighted by atomic mass is 32.2. The summed E-state index contributed by atoms with van der Waals surface area (Å²) in [7, 11) is 1.76. The molecule has 0 spiro atoms. The van der Waals surface area contributed by atoms with Crippen LogP contribution in [0.25, 0.3) is 11.4 Å². The Morgan fingerprint density at radius 2 is 1.96 bits per heavy atom. The fourth-order valence-electron chi connectivity index (χ4n) is 2.43. The van der Waals surface area contributed by atoms with Crippen LogP contribution in [0.2, 0.25) is 0 Å². The van der Waals surface area contributed by atoms with Crippen LogP contribution in [-0.4, -0.2) is 31.3 Å². The minimum atomic E-state index is -0.452. The van der Waals surface area contributed by atoms with E-state index >= 15 is 0 Å². The molecule has 3 aromatic rings. The van der Waals surface area contributed by atoms with Crippen LogP contribution in [-0.2, 0) is 18.4 Å². The lowest BCUT2D eigenvalue weighted by atomic mass is 10.2. The number of carbonyl (C=O) groups is 1. The van der Waals surface area contributed by atoms with Gasteiger partial charge in [-0.1, -0.05) is 54.2 Å². The molecule has 0 aliphatic carbocycles. The zero-order valence-electron chi connectivity index (χ0n) is 14.5. The molecular formula is C18H17N5O3S. The van der Waals surface area contributed by atoms with Crippen molar-refractivity contribution in [3.05, 3.63) is 70.3 Å². The number of hydrogen-bond donors (Lipinski definition) is 1. The van der Waals surface area contributed by atoms with E-state index in [1.54, 1.807) is 23.7 Å². The molecule has 138 valence electrons. The first-order chi connectivity index (χ1) is 13.0. The lowest BCUT2D eigenvalue weighted by Gasteiger charge is -2.06. The van der Waals surface area contributed by atoms with E-state index in [0.717, 1.165) is 5.56 Å². The summed E-state index contributed by atoms with van der Waals surface area (Å²) < 4.78 is 1.72. The van der Waals surface area contributed by atoms with Gasteiger partial charge in [-0.25, -0.2) is 0 Å². The molecule has 1 amide bonds. The van der Waals surface area contributed by atoms with Crippen LogP contribution in [0.3, 0.4) is 0 Å². The highest BCUT2D eigenvalue weighted by Gasteiger charge is 2.15. The molecule has 3 rings (SSSR count). The summed E-state index contributed by atoms with van der Waals surface area (Å²) >= 11 is 1.26. The van der Waals surface area contributed by atoms with Gasteiger partial charge >= 0.3 is 0 Å². The average molecular weight is 383 g/mol. The summed E-state index contributed by atoms with van der Waals surface area (Å²) in [5.74, 6) is 0.600. The van der Waals surface area contributed by atoms with Crippen molar-refractivity contribution in [1.82, 2.24) is 20.1 Å². The number of nitrogens with one attached hydrogen (secondary N) is 1. The van der Waals surface area contributed by atoms with Gasteiger partial charge in [-0.05, 0) is 5.56 Å². The molecule has 0 atom stereocenters. The van der Waals surface area contributed by atoms with Crippen LogP contribution in [0.4, 0.5) is 5.69 Å². The third-order valence-electron chi connectivity index (χ3n) is 3.81. The molecule has 2 aromatic carbocycles. The Balaban J connectivity index is 1.61. The molecule has 0 radical (unpaired) electrons. The van der Waals surface area contributed by atoms with E-state index in [-0.39, 0.29) is 17.3 Å². The Morgan fingerprint density at radius 3 is 2.70 bits per heavy atom. The highest BCUT2D eigenvalue weighted by molar-refractivity contribution is 7.99. The number of rotatable bonds is 7. The summed E-state index contributed by atoms with van der Waals surface area (Å²) in [5.41, 5.74) is 1.62. The van der Waals surface area contributed by atoms with E-state index in [0.29, 0.717) is 23.1 Å². The number of carbonyl (C=O) groups excluding carboxylic acids is 1. The van der Waals surface area contributed by atoms with E-state index in [1.807, 2.05) is 30.3 Å². The Bertz CT molecular complexity index is 959. The van der Waals surface area contributed by atoms with E-state index in [2.05, 4.69) is 15.5 Å². The fourth-order valence-corrected chi connectivity index (χ4v) is 3.17. The number of thioether (sulfide) groups is 1. The number of amides is 1. The van der Waals surface area contributed by atoms with Crippen molar-refractivity contribution < 1.29 is 9.72 Å². The number of hydrogen-bond acceptors (Lipinski definition) is 6. The first kappa shape index (κ1) is 18.6. The summed E-state index contributed by atoms with van der Waals surface area (Å²) in [6.07, 6.45) is 0. The van der Waals surface area contributed by atoms with Crippen LogP contribution in [0, 0.1) is 10.1 Å². The Labute approximate surface area is 159 Å². The van der Waals surface area contributed by atoms with Gasteiger partial charge in [0.2, 0.25) is 5.91 Å². The van der Waals surface area contributed by atoms with Crippen LogP contribution >= 0.6 is 11.8 Å². The van der Waals surface area contributed by atoms with Crippen LogP contribution < -0.4 is 5.32 Å². The summed E-state index contributed by atoms with van der Waals surface area (Å²) in [5, 5.41) is 22.5. The van der Waals surface area contributed by atoms with Crippen molar-refractivity contribution in [2.45, 2.75) is 11.7 Å². The highest BCUT2D eigenvalue weighted by Crippen LogP contribution is 2.25. The number of nitro groups is 1. The van der Waals surface area contributed by atoms with Gasteiger partial charge in [-0.2, -0.15) is 0 Å². The predicted molar refractivity (Wildman–Crippen MR) is 102 cm³/mol. The molecule has 0 unspecified atom stereocenters. The van der Waals surface area contributed by atoms with Crippen molar-refractivity contribution in [2.24, 2.45) is 7.05 Å². The molecule has 0 aliphatic heterocycles. The Kier molecular flexibility index (Phi) is 5.82. The van der Waals surface area contributed by atoms with Crippen molar-refractivity contribution in [2.75, 3.05) is 5.75 Å². The third-order valence-corrected chi connectivity index (χ3v) is 4.84. The number of aromatic nitrogens is 3. The number of benzene rings is 2. The molecular weight excluding hydrogens is 366 g/mol. The maximum absolute atomic E-state index is 12.0. The second kappa shape index (κ2) is 8.45. The topological polar surface area (TPSA) is 103 Å². The minimum Gasteiger partial charge on any atom is -0.351 e. The van der Waals surface area contributed by atoms with Gasteiger partial charge in [0.25, 0.3) is 5.69 Å². The standard InChI is InChI=1S/C18H17N5O3S/c1-22-17(14-8-5-9-15(10-14)23(25)26)20-21-18(22)27-12-16(24)19-11-13-6-3-2-4-7-13/h2-10H,11-12H2,1H3,(H,19,24). The van der Waals surface area contributed by atoms with Crippen LogP contribution in [0.15, 0.2) is 59.8 Å². The van der Waals surface area contributed by atoms with E-state index in [1.165, 1.54) is 23.9 Å². The number of non-ortho nitro benzene ring substituents is 1. The van der Waals surface area contributed by atoms with Crippen molar-refractivity contribution in [3.63, 3.8) is 0 Å². The molecule has 0 aliphatic rings. The first-order valence-electron chi connectivity index (χ1n) is 8.12. The van der Waals surface area contributed by atoms with Crippen LogP contribution in [0.1, 0.15) is 5.56 Å². The van der Waals surface area contributed by atoms with Gasteiger partial charge in [0.1, 0.15) is 0 Å². The first-order valence-corrected chi connectivity index (χ1v) is 9.11. The number of nitro benzene ring substituents is 1. The molecule has 1 N–H and O–H groups in total. The smallest absolute Gasteiger partial charge is 0.270 e. The van der Waals surface area contributed by atoms with E-state index in [4.69, 9.17) is 0 Å². The largest absolute Gasteiger partial charge is 0.351 e. The van der Waals surface area contributed by atoms with Gasteiger partial charge in [0.15, 0.2) is 11.0 Å². The quantitative estimate of drug-likeness (QED) is 0.382. The lowest BCUT2D eigenvalue weighted by molar-refractivity contribution is -0.384. The molecule has 0 bridgehead atoms. The maximum atomic E-state index is 12.0.